The average molecular weight is 353 g/mol. The third-order valence-electron chi connectivity index (χ3n) is 3.41. The highest BCUT2D eigenvalue weighted by molar-refractivity contribution is 6.34. The fraction of sp³-hybridized carbons (Fsp3) is 0.250. The molecule has 2 heterocycles. The Kier molecular flexibility index (Phi) is 4.59. The number of benzene rings is 1. The third kappa shape index (κ3) is 3.51. The molecule has 23 heavy (non-hydrogen) atoms. The van der Waals surface area contributed by atoms with Gasteiger partial charge in [0, 0.05) is 7.05 Å². The zero-order valence-electron chi connectivity index (χ0n) is 12.3. The minimum absolute atomic E-state index is 0.124. The molecule has 5 nitrogen and oxygen atoms in total. The van der Waals surface area contributed by atoms with Crippen LogP contribution in [0.1, 0.15) is 10.5 Å². The summed E-state index contributed by atoms with van der Waals surface area (Å²) in [5.74, 6) is 1.06. The molecule has 1 atom stereocenters. The molecule has 0 bridgehead atoms. The first kappa shape index (κ1) is 15.9. The third-order valence-corrected chi connectivity index (χ3v) is 3.92. The normalized spacial score (nSPS) is 16.0. The molecule has 3 rings (SSSR count). The molecule has 0 saturated heterocycles. The number of nitrogens with zero attached hydrogens (tertiary/aromatic N) is 2. The fourth-order valence-corrected chi connectivity index (χ4v) is 2.62. The minimum atomic E-state index is -0.319. The number of rotatable bonds is 3. The van der Waals surface area contributed by atoms with E-state index in [1.807, 2.05) is 24.3 Å². The summed E-state index contributed by atoms with van der Waals surface area (Å²) in [4.78, 5) is 17.9. The minimum Gasteiger partial charge on any atom is -0.486 e. The number of aromatic nitrogens is 1. The van der Waals surface area contributed by atoms with Crippen molar-refractivity contribution in [1.82, 2.24) is 9.88 Å². The van der Waals surface area contributed by atoms with Crippen LogP contribution in [0.4, 0.5) is 0 Å². The number of hydrogen-bond acceptors (Lipinski definition) is 4. The molecule has 0 N–H and O–H groups in total. The summed E-state index contributed by atoms with van der Waals surface area (Å²) in [6, 6.07) is 10.5. The maximum absolute atomic E-state index is 12.5. The number of fused-ring (bicyclic) bond motifs is 1. The first-order valence-corrected chi connectivity index (χ1v) is 7.76. The van der Waals surface area contributed by atoms with Crippen molar-refractivity contribution in [3.8, 4) is 11.5 Å². The molecule has 1 aromatic heterocycles. The number of amides is 1. The summed E-state index contributed by atoms with van der Waals surface area (Å²) < 4.78 is 11.5. The summed E-state index contributed by atoms with van der Waals surface area (Å²) in [6.07, 6.45) is -0.267. The van der Waals surface area contributed by atoms with Gasteiger partial charge in [-0.3, -0.25) is 4.79 Å². The Labute approximate surface area is 143 Å². The van der Waals surface area contributed by atoms with Crippen molar-refractivity contribution in [2.24, 2.45) is 0 Å². The van der Waals surface area contributed by atoms with Crippen molar-refractivity contribution in [3.05, 3.63) is 52.3 Å². The second kappa shape index (κ2) is 6.64. The summed E-state index contributed by atoms with van der Waals surface area (Å²) >= 11 is 11.8. The average Bonchev–Trinajstić information content (AvgIpc) is 2.56. The van der Waals surface area contributed by atoms with Crippen LogP contribution in [0.5, 0.6) is 11.5 Å². The Morgan fingerprint density at radius 2 is 2.00 bits per heavy atom. The second-order valence-electron chi connectivity index (χ2n) is 5.15. The van der Waals surface area contributed by atoms with E-state index < -0.39 is 0 Å². The largest absolute Gasteiger partial charge is 0.486 e. The Bertz CT molecular complexity index is 739. The van der Waals surface area contributed by atoms with Gasteiger partial charge in [0.25, 0.3) is 5.91 Å². The lowest BCUT2D eigenvalue weighted by Gasteiger charge is -2.29. The van der Waals surface area contributed by atoms with Gasteiger partial charge in [-0.05, 0) is 24.3 Å². The highest BCUT2D eigenvalue weighted by Gasteiger charge is 2.25. The molecule has 1 amide bonds. The first-order chi connectivity index (χ1) is 11.0. The highest BCUT2D eigenvalue weighted by atomic mass is 35.5. The molecule has 1 aliphatic heterocycles. The molecule has 1 unspecified atom stereocenters. The van der Waals surface area contributed by atoms with Gasteiger partial charge >= 0.3 is 0 Å². The van der Waals surface area contributed by atoms with Crippen LogP contribution in [-0.2, 0) is 0 Å². The maximum Gasteiger partial charge on any atom is 0.273 e. The van der Waals surface area contributed by atoms with Crippen LogP contribution < -0.4 is 9.47 Å². The van der Waals surface area contributed by atoms with Gasteiger partial charge in [0.2, 0.25) is 0 Å². The molecule has 0 aliphatic carbocycles. The quantitative estimate of drug-likeness (QED) is 0.795. The van der Waals surface area contributed by atoms with Crippen molar-refractivity contribution in [2.45, 2.75) is 6.10 Å². The predicted molar refractivity (Wildman–Crippen MR) is 87.6 cm³/mol. The Balaban J connectivity index is 1.69. The molecule has 0 radical (unpaired) electrons. The van der Waals surface area contributed by atoms with Crippen LogP contribution in [0.2, 0.25) is 10.2 Å². The van der Waals surface area contributed by atoms with Gasteiger partial charge in [0.1, 0.15) is 17.5 Å². The topological polar surface area (TPSA) is 51.7 Å². The van der Waals surface area contributed by atoms with Crippen molar-refractivity contribution < 1.29 is 14.3 Å². The smallest absolute Gasteiger partial charge is 0.273 e. The van der Waals surface area contributed by atoms with Crippen molar-refractivity contribution in [1.29, 1.82) is 0 Å². The van der Waals surface area contributed by atoms with Crippen LogP contribution in [0, 0.1) is 0 Å². The van der Waals surface area contributed by atoms with E-state index in [4.69, 9.17) is 32.7 Å². The number of carbonyl (C=O) groups is 1. The summed E-state index contributed by atoms with van der Waals surface area (Å²) in [5, 5.41) is 0.481. The fourth-order valence-electron chi connectivity index (χ4n) is 2.29. The van der Waals surface area contributed by atoms with E-state index in [0.717, 1.165) is 0 Å². The number of ether oxygens (including phenoxy) is 2. The van der Waals surface area contributed by atoms with E-state index in [1.165, 1.54) is 11.0 Å². The number of likely N-dealkylation sites (N-methyl/N-ethyl adjacent to an activating group) is 1. The first-order valence-electron chi connectivity index (χ1n) is 7.00. The molecule has 1 aromatic carbocycles. The standard InChI is InChI=1S/C16H14Cl2N2O3/c1-20(16(21)15-11(17)6-7-14(18)19-15)8-10-9-22-12-4-2-3-5-13(12)23-10/h2-7,10H,8-9H2,1H3. The molecule has 0 spiro atoms. The number of carbonyl (C=O) groups excluding carboxylic acids is 1. The van der Waals surface area contributed by atoms with Crippen molar-refractivity contribution in [2.75, 3.05) is 20.2 Å². The predicted octanol–water partition coefficient (Wildman–Crippen LogP) is 3.30. The van der Waals surface area contributed by atoms with Gasteiger partial charge in [0.05, 0.1) is 11.6 Å². The van der Waals surface area contributed by atoms with Crippen LogP contribution in [-0.4, -0.2) is 42.1 Å². The molecular weight excluding hydrogens is 339 g/mol. The van der Waals surface area contributed by atoms with E-state index in [9.17, 15) is 4.79 Å². The summed E-state index contributed by atoms with van der Waals surface area (Å²) in [7, 11) is 1.66. The Morgan fingerprint density at radius 3 is 2.78 bits per heavy atom. The van der Waals surface area contributed by atoms with Crippen LogP contribution in [0.3, 0.4) is 0 Å². The zero-order chi connectivity index (χ0) is 16.4. The number of pyridine rings is 1. The van der Waals surface area contributed by atoms with E-state index in [1.54, 1.807) is 13.1 Å². The molecule has 0 fully saturated rings. The Hall–Kier alpha value is -1.98. The van der Waals surface area contributed by atoms with Gasteiger partial charge in [-0.2, -0.15) is 0 Å². The van der Waals surface area contributed by atoms with Crippen LogP contribution in [0.25, 0.3) is 0 Å². The van der Waals surface area contributed by atoms with E-state index >= 15 is 0 Å². The highest BCUT2D eigenvalue weighted by Crippen LogP contribution is 2.31. The molecule has 120 valence electrons. The van der Waals surface area contributed by atoms with Crippen molar-refractivity contribution in [3.63, 3.8) is 0 Å². The number of halogens is 2. The molecule has 0 saturated carbocycles. The lowest BCUT2D eigenvalue weighted by Crippen LogP contribution is -2.42. The van der Waals surface area contributed by atoms with Gasteiger partial charge in [-0.1, -0.05) is 35.3 Å². The van der Waals surface area contributed by atoms with Crippen molar-refractivity contribution >= 4 is 29.1 Å². The van der Waals surface area contributed by atoms with Gasteiger partial charge in [-0.25, -0.2) is 4.98 Å². The second-order valence-corrected chi connectivity index (χ2v) is 5.94. The van der Waals surface area contributed by atoms with Gasteiger partial charge < -0.3 is 14.4 Å². The van der Waals surface area contributed by atoms with E-state index in [0.29, 0.717) is 24.7 Å². The molecule has 7 heteroatoms. The summed E-state index contributed by atoms with van der Waals surface area (Å²) in [6.45, 7) is 0.711. The van der Waals surface area contributed by atoms with Gasteiger partial charge in [-0.15, -0.1) is 0 Å². The molecule has 2 aromatic rings. The zero-order valence-corrected chi connectivity index (χ0v) is 13.8. The monoisotopic (exact) mass is 352 g/mol. The van der Waals surface area contributed by atoms with E-state index in [-0.39, 0.29) is 27.9 Å². The molecule has 1 aliphatic rings. The lowest BCUT2D eigenvalue weighted by atomic mass is 10.2. The number of para-hydroxylation sites is 2. The Morgan fingerprint density at radius 1 is 1.26 bits per heavy atom. The molecular formula is C16H14Cl2N2O3. The van der Waals surface area contributed by atoms with Gasteiger partial charge in [0.15, 0.2) is 17.6 Å². The maximum atomic E-state index is 12.5. The van der Waals surface area contributed by atoms with Crippen LogP contribution >= 0.6 is 23.2 Å². The van der Waals surface area contributed by atoms with Crippen LogP contribution in [0.15, 0.2) is 36.4 Å². The number of hydrogen-bond donors (Lipinski definition) is 0. The SMILES string of the molecule is CN(CC1COc2ccccc2O1)C(=O)c1nc(Cl)ccc1Cl. The lowest BCUT2D eigenvalue weighted by molar-refractivity contribution is 0.0517. The van der Waals surface area contributed by atoms with E-state index in [2.05, 4.69) is 4.98 Å². The summed E-state index contributed by atoms with van der Waals surface area (Å²) in [5.41, 5.74) is 0.124.